The number of amides is 4. The molecule has 0 saturated heterocycles. The van der Waals surface area contributed by atoms with E-state index in [0.29, 0.717) is 10.0 Å². The molecule has 0 unspecified atom stereocenters. The van der Waals surface area contributed by atoms with Gasteiger partial charge in [-0.05, 0) is 0 Å². The van der Waals surface area contributed by atoms with Gasteiger partial charge in [-0.1, -0.05) is 47.5 Å². The van der Waals surface area contributed by atoms with E-state index in [0.717, 1.165) is 0 Å². The number of ketones is 2. The van der Waals surface area contributed by atoms with Crippen molar-refractivity contribution < 1.29 is 19.2 Å². The summed E-state index contributed by atoms with van der Waals surface area (Å²) in [6.45, 7) is 0. The zero-order valence-electron chi connectivity index (χ0n) is 13.9. The van der Waals surface area contributed by atoms with E-state index in [2.05, 4.69) is 0 Å². The zero-order valence-corrected chi connectivity index (χ0v) is 15.4. The van der Waals surface area contributed by atoms with Crippen LogP contribution in [0.2, 0.25) is 10.0 Å². The van der Waals surface area contributed by atoms with Gasteiger partial charge < -0.3 is 11.5 Å². The average Bonchev–Trinajstić information content (AvgIpc) is 2.66. The maximum absolute atomic E-state index is 13.1. The van der Waals surface area contributed by atoms with Crippen LogP contribution >= 0.6 is 23.2 Å². The Kier molecular flexibility index (Phi) is 4.73. The predicted molar refractivity (Wildman–Crippen MR) is 102 cm³/mol. The zero-order chi connectivity index (χ0) is 20.9. The summed E-state index contributed by atoms with van der Waals surface area (Å²) in [6.07, 6.45) is 0. The molecule has 0 saturated carbocycles. The van der Waals surface area contributed by atoms with Crippen molar-refractivity contribution in [1.82, 2.24) is 0 Å². The molecule has 4 amide bonds. The number of hydrogen-bond donors (Lipinski definition) is 4. The lowest BCUT2D eigenvalue weighted by atomic mass is 9.82. The molecule has 0 spiro atoms. The van der Waals surface area contributed by atoms with Crippen LogP contribution in [0.3, 0.4) is 0 Å². The lowest BCUT2D eigenvalue weighted by molar-refractivity contribution is 0.0980. The van der Waals surface area contributed by atoms with Crippen molar-refractivity contribution in [1.29, 1.82) is 0 Å². The van der Waals surface area contributed by atoms with E-state index in [1.165, 1.54) is 12.1 Å². The van der Waals surface area contributed by atoms with Crippen LogP contribution in [-0.2, 0) is 0 Å². The van der Waals surface area contributed by atoms with Crippen LogP contribution in [0, 0.1) is 0 Å². The number of carbonyl (C=O) groups excluding carboxylic acids is 4. The summed E-state index contributed by atoms with van der Waals surface area (Å²) in [7, 11) is 0. The lowest BCUT2D eigenvalue weighted by Gasteiger charge is -2.29. The second kappa shape index (κ2) is 6.77. The van der Waals surface area contributed by atoms with E-state index in [1.54, 1.807) is 12.1 Å². The number of halogens is 2. The first kappa shape index (κ1) is 19.6. The van der Waals surface area contributed by atoms with E-state index in [4.69, 9.17) is 46.4 Å². The molecule has 28 heavy (non-hydrogen) atoms. The molecule has 1 aliphatic rings. The van der Waals surface area contributed by atoms with Gasteiger partial charge in [-0.15, -0.1) is 0 Å². The lowest BCUT2D eigenvalue weighted by Crippen LogP contribution is -2.45. The van der Waals surface area contributed by atoms with Crippen LogP contribution in [0.5, 0.6) is 0 Å². The molecule has 10 nitrogen and oxygen atoms in total. The molecule has 2 aromatic rings. The van der Waals surface area contributed by atoms with Gasteiger partial charge in [-0.3, -0.25) is 9.59 Å². The quantitative estimate of drug-likeness (QED) is 0.274. The van der Waals surface area contributed by atoms with Crippen molar-refractivity contribution in [2.24, 2.45) is 23.2 Å². The normalized spacial score (nSPS) is 12.3. The summed E-state index contributed by atoms with van der Waals surface area (Å²) >= 11 is 12.4. The van der Waals surface area contributed by atoms with Crippen molar-refractivity contribution in [3.63, 3.8) is 0 Å². The number of carbonyl (C=O) groups is 4. The molecular weight excluding hydrogens is 411 g/mol. The molecule has 2 aromatic carbocycles. The Morgan fingerprint density at radius 3 is 1.36 bits per heavy atom. The fourth-order valence-corrected chi connectivity index (χ4v) is 3.48. The highest BCUT2D eigenvalue weighted by molar-refractivity contribution is 6.49. The molecular formula is C16H12Cl2N6O4. The number of rotatable bonds is 2. The van der Waals surface area contributed by atoms with Crippen molar-refractivity contribution in [2.45, 2.75) is 0 Å². The number of primary amides is 2. The Labute approximate surface area is 167 Å². The monoisotopic (exact) mass is 422 g/mol. The Bertz CT molecular complexity index is 1000. The van der Waals surface area contributed by atoms with Crippen LogP contribution < -0.4 is 33.2 Å². The van der Waals surface area contributed by atoms with Crippen LogP contribution in [0.4, 0.5) is 21.0 Å². The van der Waals surface area contributed by atoms with Gasteiger partial charge in [0.05, 0.1) is 32.5 Å². The van der Waals surface area contributed by atoms with Gasteiger partial charge in [0.2, 0.25) is 0 Å². The largest absolute Gasteiger partial charge is 0.350 e. The van der Waals surface area contributed by atoms with Gasteiger partial charge >= 0.3 is 12.1 Å². The Balaban J connectivity index is 2.52. The highest BCUT2D eigenvalue weighted by Crippen LogP contribution is 2.47. The summed E-state index contributed by atoms with van der Waals surface area (Å²) in [5.41, 5.74) is 8.89. The summed E-state index contributed by atoms with van der Waals surface area (Å²) in [5.74, 6) is 9.92. The molecule has 0 heterocycles. The molecule has 144 valence electrons. The predicted octanol–water partition coefficient (Wildman–Crippen LogP) is 1.29. The number of anilines is 2. The number of urea groups is 2. The molecule has 1 aliphatic carbocycles. The van der Waals surface area contributed by atoms with Crippen LogP contribution in [0.25, 0.3) is 0 Å². The van der Waals surface area contributed by atoms with E-state index < -0.39 is 45.0 Å². The fourth-order valence-electron chi connectivity index (χ4n) is 2.93. The summed E-state index contributed by atoms with van der Waals surface area (Å²) < 4.78 is 0. The first-order valence-corrected chi connectivity index (χ1v) is 8.27. The Morgan fingerprint density at radius 1 is 0.750 bits per heavy atom. The van der Waals surface area contributed by atoms with Crippen molar-refractivity contribution in [2.75, 3.05) is 10.0 Å². The molecule has 8 N–H and O–H groups in total. The number of nitrogens with zero attached hydrogens (tertiary/aromatic N) is 2. The molecule has 0 atom stereocenters. The number of fused-ring (bicyclic) bond motifs is 2. The van der Waals surface area contributed by atoms with E-state index in [9.17, 15) is 19.2 Å². The van der Waals surface area contributed by atoms with Gasteiger partial charge in [0, 0.05) is 11.1 Å². The van der Waals surface area contributed by atoms with Gasteiger partial charge in [0.25, 0.3) is 0 Å². The highest BCUT2D eigenvalue weighted by Gasteiger charge is 2.40. The third-order valence-electron chi connectivity index (χ3n) is 4.16. The summed E-state index contributed by atoms with van der Waals surface area (Å²) in [4.78, 5) is 49.5. The number of nitrogens with two attached hydrogens (primary N) is 4. The van der Waals surface area contributed by atoms with Crippen molar-refractivity contribution in [3.05, 3.63) is 56.6 Å². The molecule has 0 radical (unpaired) electrons. The van der Waals surface area contributed by atoms with Crippen molar-refractivity contribution in [3.8, 4) is 0 Å². The second-order valence-corrected chi connectivity index (χ2v) is 6.45. The van der Waals surface area contributed by atoms with Crippen LogP contribution in [0.15, 0.2) is 24.3 Å². The highest BCUT2D eigenvalue weighted by atomic mass is 35.5. The standard InChI is InChI=1S/C16H12Cl2N6O4/c17-9-10(18)12(24(22)16(20)28)8-7(11(9)23(21)15(19)27)13(25)5-3-1-2-4-6(5)14(8)26/h1-4H,21-22H2,(H2,19,27)(H2,20,28). The third kappa shape index (κ3) is 2.67. The fraction of sp³-hybridized carbons (Fsp3) is 0. The number of hydrogen-bond acceptors (Lipinski definition) is 6. The number of benzene rings is 2. The SMILES string of the molecule is NC(=O)N(N)c1c(Cl)c(Cl)c(N(N)C(N)=O)c2c1C(=O)c1ccccc1C2=O. The number of hydrazine groups is 2. The Hall–Kier alpha value is -3.18. The molecule has 0 fully saturated rings. The average molecular weight is 423 g/mol. The van der Waals surface area contributed by atoms with Gasteiger partial charge in [-0.2, -0.15) is 0 Å². The smallest absolute Gasteiger partial charge is 0.333 e. The van der Waals surface area contributed by atoms with E-state index in [-0.39, 0.29) is 22.3 Å². The third-order valence-corrected chi connectivity index (χ3v) is 4.99. The molecule has 12 heteroatoms. The first-order chi connectivity index (χ1) is 13.1. The minimum Gasteiger partial charge on any atom is -0.350 e. The molecule has 3 rings (SSSR count). The van der Waals surface area contributed by atoms with E-state index in [1.807, 2.05) is 0 Å². The summed E-state index contributed by atoms with van der Waals surface area (Å²) in [5, 5.41) is -0.0924. The Morgan fingerprint density at radius 2 is 1.07 bits per heavy atom. The van der Waals surface area contributed by atoms with Crippen LogP contribution in [0.1, 0.15) is 31.8 Å². The second-order valence-electron chi connectivity index (χ2n) is 5.70. The maximum Gasteiger partial charge on any atom is 0.333 e. The molecule has 0 bridgehead atoms. The molecule has 0 aromatic heterocycles. The van der Waals surface area contributed by atoms with Gasteiger partial charge in [-0.25, -0.2) is 31.3 Å². The molecule has 0 aliphatic heterocycles. The van der Waals surface area contributed by atoms with Gasteiger partial charge in [0.1, 0.15) is 0 Å². The van der Waals surface area contributed by atoms with E-state index >= 15 is 0 Å². The summed E-state index contributed by atoms with van der Waals surface area (Å²) in [6, 6.07) is 3.55. The maximum atomic E-state index is 13.1. The van der Waals surface area contributed by atoms with Crippen LogP contribution in [-0.4, -0.2) is 23.6 Å². The van der Waals surface area contributed by atoms with Gasteiger partial charge in [0.15, 0.2) is 11.6 Å². The minimum absolute atomic E-state index is 0.0334. The first-order valence-electron chi connectivity index (χ1n) is 7.51. The topological polar surface area (TPSA) is 179 Å². The van der Waals surface area contributed by atoms with Crippen molar-refractivity contribution >= 4 is 58.2 Å². The minimum atomic E-state index is -1.17.